The molecule has 1 saturated heterocycles. The number of hydrogen-bond donors (Lipinski definition) is 0. The third-order valence-electron chi connectivity index (χ3n) is 6.76. The van der Waals surface area contributed by atoms with Gasteiger partial charge in [0, 0.05) is 49.1 Å². The Bertz CT molecular complexity index is 640. The van der Waals surface area contributed by atoms with Crippen molar-refractivity contribution in [3.05, 3.63) is 18.1 Å². The van der Waals surface area contributed by atoms with Gasteiger partial charge in [-0.2, -0.15) is 0 Å². The number of piperazine rings is 1. The van der Waals surface area contributed by atoms with Gasteiger partial charge in [-0.1, -0.05) is 27.7 Å². The number of Topliss-reactive ketones (excluding diaryl/α,β-unsaturated/α-hetero) is 1. The fourth-order valence-electron chi connectivity index (χ4n) is 5.11. The summed E-state index contributed by atoms with van der Waals surface area (Å²) >= 11 is 0. The highest BCUT2D eigenvalue weighted by molar-refractivity contribution is 5.82. The van der Waals surface area contributed by atoms with Crippen molar-refractivity contribution in [1.29, 1.82) is 0 Å². The summed E-state index contributed by atoms with van der Waals surface area (Å²) in [6, 6.07) is 3.10. The van der Waals surface area contributed by atoms with Crippen LogP contribution in [0.3, 0.4) is 0 Å². The summed E-state index contributed by atoms with van der Waals surface area (Å²) in [5.74, 6) is 3.29. The molecular weight excluding hydrogens is 348 g/mol. The number of ketones is 1. The van der Waals surface area contributed by atoms with Gasteiger partial charge in [0.05, 0.1) is 0 Å². The first-order valence-corrected chi connectivity index (χ1v) is 11.3. The molecule has 1 aromatic heterocycles. The van der Waals surface area contributed by atoms with Crippen LogP contribution in [0.4, 0.5) is 5.82 Å². The van der Waals surface area contributed by atoms with E-state index < -0.39 is 0 Å². The Morgan fingerprint density at radius 2 is 1.71 bits per heavy atom. The first-order chi connectivity index (χ1) is 13.4. The van der Waals surface area contributed by atoms with Crippen molar-refractivity contribution in [1.82, 2.24) is 14.9 Å². The van der Waals surface area contributed by atoms with E-state index in [4.69, 9.17) is 4.98 Å². The van der Waals surface area contributed by atoms with E-state index in [-0.39, 0.29) is 11.8 Å². The highest BCUT2D eigenvalue weighted by Crippen LogP contribution is 2.36. The number of rotatable bonds is 6. The summed E-state index contributed by atoms with van der Waals surface area (Å²) in [7, 11) is 2.23. The zero-order chi connectivity index (χ0) is 20.3. The van der Waals surface area contributed by atoms with Gasteiger partial charge in [0.15, 0.2) is 0 Å². The summed E-state index contributed by atoms with van der Waals surface area (Å²) in [6.07, 6.45) is 8.23. The molecule has 28 heavy (non-hydrogen) atoms. The van der Waals surface area contributed by atoms with E-state index in [1.54, 1.807) is 0 Å². The predicted octanol–water partition coefficient (Wildman–Crippen LogP) is 4.28. The molecule has 1 aromatic rings. The quantitative estimate of drug-likeness (QED) is 0.730. The maximum absolute atomic E-state index is 12.3. The van der Waals surface area contributed by atoms with Crippen LogP contribution in [0.5, 0.6) is 0 Å². The Labute approximate surface area is 170 Å². The van der Waals surface area contributed by atoms with Gasteiger partial charge in [-0.05, 0) is 51.6 Å². The number of carbonyl (C=O) groups excluding carboxylic acids is 1. The number of likely N-dealkylation sites (N-methyl/N-ethyl adjacent to an activating group) is 1. The Hall–Kier alpha value is -1.49. The molecule has 2 heterocycles. The number of anilines is 1. The summed E-state index contributed by atoms with van der Waals surface area (Å²) in [5.41, 5.74) is 0. The number of nitrogens with zero attached hydrogens (tertiary/aromatic N) is 4. The molecule has 156 valence electrons. The van der Waals surface area contributed by atoms with Crippen LogP contribution in [0.1, 0.15) is 78.0 Å². The topological polar surface area (TPSA) is 49.3 Å². The maximum Gasteiger partial charge on any atom is 0.138 e. The molecule has 2 fully saturated rings. The van der Waals surface area contributed by atoms with Gasteiger partial charge >= 0.3 is 0 Å². The van der Waals surface area contributed by atoms with Crippen molar-refractivity contribution in [2.45, 2.75) is 84.2 Å². The Morgan fingerprint density at radius 3 is 2.25 bits per heavy atom. The van der Waals surface area contributed by atoms with E-state index in [0.29, 0.717) is 23.8 Å². The molecule has 3 rings (SSSR count). The zero-order valence-electron chi connectivity index (χ0n) is 18.4. The van der Waals surface area contributed by atoms with Gasteiger partial charge < -0.3 is 9.80 Å². The van der Waals surface area contributed by atoms with Crippen molar-refractivity contribution in [3.63, 3.8) is 0 Å². The molecule has 0 spiro atoms. The minimum atomic E-state index is 0.148. The third kappa shape index (κ3) is 4.56. The molecule has 0 amide bonds. The molecule has 2 unspecified atom stereocenters. The lowest BCUT2D eigenvalue weighted by molar-refractivity contribution is -0.126. The van der Waals surface area contributed by atoms with Gasteiger partial charge in [-0.25, -0.2) is 9.97 Å². The van der Waals surface area contributed by atoms with E-state index in [9.17, 15) is 4.79 Å². The first-order valence-electron chi connectivity index (χ1n) is 11.3. The van der Waals surface area contributed by atoms with Crippen LogP contribution in [0.2, 0.25) is 0 Å². The van der Waals surface area contributed by atoms with Gasteiger partial charge in [0.1, 0.15) is 17.4 Å². The molecule has 2 atom stereocenters. The fourth-order valence-corrected chi connectivity index (χ4v) is 5.11. The second-order valence-electron chi connectivity index (χ2n) is 9.13. The Kier molecular flexibility index (Phi) is 7.08. The van der Waals surface area contributed by atoms with Gasteiger partial charge in [-0.3, -0.25) is 4.79 Å². The van der Waals surface area contributed by atoms with E-state index in [1.807, 2.05) is 20.0 Å². The number of aromatic nitrogens is 2. The van der Waals surface area contributed by atoms with Crippen molar-refractivity contribution in [2.75, 3.05) is 25.0 Å². The molecular formula is C23H38N4O. The van der Waals surface area contributed by atoms with Crippen molar-refractivity contribution in [2.24, 2.45) is 11.8 Å². The van der Waals surface area contributed by atoms with Crippen LogP contribution in [0.15, 0.2) is 12.3 Å². The van der Waals surface area contributed by atoms with Gasteiger partial charge in [-0.15, -0.1) is 0 Å². The number of hydrogen-bond acceptors (Lipinski definition) is 5. The van der Waals surface area contributed by atoms with Crippen LogP contribution in [0.25, 0.3) is 0 Å². The molecule has 0 aromatic carbocycles. The van der Waals surface area contributed by atoms with Crippen molar-refractivity contribution >= 4 is 11.6 Å². The average Bonchev–Trinajstić information content (AvgIpc) is 2.72. The molecule has 5 nitrogen and oxygen atoms in total. The first kappa shape index (κ1) is 21.2. The summed E-state index contributed by atoms with van der Waals surface area (Å²) < 4.78 is 0. The molecule has 1 aliphatic heterocycles. The Morgan fingerprint density at radius 1 is 1.11 bits per heavy atom. The van der Waals surface area contributed by atoms with Crippen LogP contribution in [-0.4, -0.2) is 52.9 Å². The lowest BCUT2D eigenvalue weighted by Gasteiger charge is -2.46. The minimum absolute atomic E-state index is 0.148. The predicted molar refractivity (Wildman–Crippen MR) is 115 cm³/mol. The van der Waals surface area contributed by atoms with Crippen LogP contribution < -0.4 is 4.90 Å². The molecule has 2 aliphatic rings. The van der Waals surface area contributed by atoms with E-state index >= 15 is 0 Å². The van der Waals surface area contributed by atoms with Crippen molar-refractivity contribution < 1.29 is 4.79 Å². The second-order valence-corrected chi connectivity index (χ2v) is 9.13. The van der Waals surface area contributed by atoms with Gasteiger partial charge in [0.2, 0.25) is 0 Å². The third-order valence-corrected chi connectivity index (χ3v) is 6.76. The lowest BCUT2D eigenvalue weighted by atomic mass is 9.77. The molecule has 5 heteroatoms. The second kappa shape index (κ2) is 9.34. The molecule has 1 saturated carbocycles. The highest BCUT2D eigenvalue weighted by Gasteiger charge is 2.33. The zero-order valence-corrected chi connectivity index (χ0v) is 18.4. The van der Waals surface area contributed by atoms with E-state index in [2.05, 4.69) is 41.7 Å². The standard InChI is InChI=1S/C23H38N4O/c1-6-19-14-26(5)15-20(7-2)27(19)21-12-13-24-23(25-21)18-10-8-17(9-11-18)22(28)16(3)4/h12-13,16-20H,6-11,14-15H2,1-5H3/t17-,18+,19?,20?. The molecule has 0 bridgehead atoms. The summed E-state index contributed by atoms with van der Waals surface area (Å²) in [6.45, 7) is 10.8. The van der Waals surface area contributed by atoms with Crippen LogP contribution in [0, 0.1) is 11.8 Å². The molecule has 1 aliphatic carbocycles. The number of carbonyl (C=O) groups is 1. The monoisotopic (exact) mass is 386 g/mol. The smallest absolute Gasteiger partial charge is 0.138 e. The van der Waals surface area contributed by atoms with E-state index in [1.165, 1.54) is 0 Å². The van der Waals surface area contributed by atoms with Crippen LogP contribution >= 0.6 is 0 Å². The largest absolute Gasteiger partial charge is 0.348 e. The lowest BCUT2D eigenvalue weighted by Crippen LogP contribution is -2.57. The van der Waals surface area contributed by atoms with E-state index in [0.717, 1.165) is 63.3 Å². The Balaban J connectivity index is 1.74. The average molecular weight is 387 g/mol. The molecule has 0 radical (unpaired) electrons. The minimum Gasteiger partial charge on any atom is -0.348 e. The van der Waals surface area contributed by atoms with Crippen molar-refractivity contribution in [3.8, 4) is 0 Å². The highest BCUT2D eigenvalue weighted by atomic mass is 16.1. The fraction of sp³-hybridized carbons (Fsp3) is 0.783. The van der Waals surface area contributed by atoms with Crippen LogP contribution in [-0.2, 0) is 4.79 Å². The summed E-state index contributed by atoms with van der Waals surface area (Å²) in [5, 5.41) is 0. The molecule has 0 N–H and O–H groups in total. The summed E-state index contributed by atoms with van der Waals surface area (Å²) in [4.78, 5) is 27.0. The normalized spacial score (nSPS) is 29.3. The van der Waals surface area contributed by atoms with Gasteiger partial charge in [0.25, 0.3) is 0 Å². The SMILES string of the molecule is CCC1CN(C)CC(CC)N1c1ccnc([C@H]2CC[C@@H](C(=O)C(C)C)CC2)n1. The maximum atomic E-state index is 12.3.